The molecule has 5 heteroatoms. The second kappa shape index (κ2) is 5.49. The van der Waals surface area contributed by atoms with Crippen LogP contribution in [0.15, 0.2) is 0 Å². The lowest BCUT2D eigenvalue weighted by Crippen LogP contribution is -2.50. The minimum absolute atomic E-state index is 0.0543. The minimum atomic E-state index is -0.807. The monoisotopic (exact) mass is 240 g/mol. The maximum absolute atomic E-state index is 12.3. The number of hydrogen-bond acceptors (Lipinski definition) is 3. The molecule has 0 aromatic rings. The van der Waals surface area contributed by atoms with Crippen LogP contribution < -0.4 is 5.32 Å². The highest BCUT2D eigenvalue weighted by molar-refractivity contribution is 5.85. The highest BCUT2D eigenvalue weighted by Gasteiger charge is 2.37. The maximum atomic E-state index is 12.3. The van der Waals surface area contributed by atoms with Gasteiger partial charge in [-0.05, 0) is 12.8 Å². The molecule has 1 saturated carbocycles. The molecule has 1 saturated heterocycles. The van der Waals surface area contributed by atoms with Crippen molar-refractivity contribution in [1.29, 1.82) is 0 Å². The third-order valence-electron chi connectivity index (χ3n) is 3.83. The average molecular weight is 240 g/mol. The molecule has 2 fully saturated rings. The number of rotatable bonds is 2. The Morgan fingerprint density at radius 2 is 1.65 bits per heavy atom. The second-order valence-corrected chi connectivity index (χ2v) is 4.91. The number of nitrogens with one attached hydrogen (secondary N) is 1. The summed E-state index contributed by atoms with van der Waals surface area (Å²) < 4.78 is 0. The van der Waals surface area contributed by atoms with Gasteiger partial charge in [0.2, 0.25) is 5.91 Å². The fraction of sp³-hybridized carbons (Fsp3) is 0.833. The first-order valence-electron chi connectivity index (χ1n) is 6.42. The first-order chi connectivity index (χ1) is 8.20. The minimum Gasteiger partial charge on any atom is -0.481 e. The van der Waals surface area contributed by atoms with Gasteiger partial charge in [-0.3, -0.25) is 9.59 Å². The van der Waals surface area contributed by atoms with Crippen molar-refractivity contribution in [3.05, 3.63) is 0 Å². The summed E-state index contributed by atoms with van der Waals surface area (Å²) >= 11 is 0. The molecule has 1 aliphatic heterocycles. The predicted molar refractivity (Wildman–Crippen MR) is 62.5 cm³/mol. The van der Waals surface area contributed by atoms with Crippen LogP contribution >= 0.6 is 0 Å². The van der Waals surface area contributed by atoms with Gasteiger partial charge in [-0.2, -0.15) is 0 Å². The third kappa shape index (κ3) is 2.77. The average Bonchev–Trinajstić information content (AvgIpc) is 2.39. The molecule has 0 spiro atoms. The van der Waals surface area contributed by atoms with Gasteiger partial charge in [0.25, 0.3) is 0 Å². The number of hydrogen-bond donors (Lipinski definition) is 2. The van der Waals surface area contributed by atoms with E-state index < -0.39 is 11.9 Å². The van der Waals surface area contributed by atoms with Crippen LogP contribution in [-0.4, -0.2) is 48.1 Å². The standard InChI is InChI=1S/C12H20N2O3/c15-11(14-7-5-13-6-8-14)9-3-1-2-4-10(9)12(16)17/h9-10,13H,1-8H2,(H,16,17)/t9-,10+/m0/s1. The summed E-state index contributed by atoms with van der Waals surface area (Å²) in [5, 5.41) is 12.4. The molecule has 2 N–H and O–H groups in total. The van der Waals surface area contributed by atoms with Crippen molar-refractivity contribution in [3.8, 4) is 0 Å². The predicted octanol–water partition coefficient (Wildman–Crippen LogP) is 0.309. The van der Waals surface area contributed by atoms with E-state index in [-0.39, 0.29) is 11.8 Å². The number of aliphatic carboxylic acids is 1. The van der Waals surface area contributed by atoms with E-state index in [1.54, 1.807) is 0 Å². The summed E-state index contributed by atoms with van der Waals surface area (Å²) in [6.45, 7) is 3.05. The molecule has 5 nitrogen and oxygen atoms in total. The smallest absolute Gasteiger partial charge is 0.307 e. The fourth-order valence-corrected chi connectivity index (χ4v) is 2.84. The van der Waals surface area contributed by atoms with Crippen LogP contribution in [-0.2, 0) is 9.59 Å². The van der Waals surface area contributed by atoms with E-state index in [1.165, 1.54) is 0 Å². The number of piperazine rings is 1. The summed E-state index contributed by atoms with van der Waals surface area (Å²) in [6, 6.07) is 0. The van der Waals surface area contributed by atoms with E-state index >= 15 is 0 Å². The summed E-state index contributed by atoms with van der Waals surface area (Å²) in [5.41, 5.74) is 0. The van der Waals surface area contributed by atoms with Crippen molar-refractivity contribution in [3.63, 3.8) is 0 Å². The quantitative estimate of drug-likeness (QED) is 0.729. The van der Waals surface area contributed by atoms with E-state index in [0.29, 0.717) is 19.5 Å². The molecule has 96 valence electrons. The SMILES string of the molecule is O=C(O)[C@@H]1CCCC[C@@H]1C(=O)N1CCNCC1. The van der Waals surface area contributed by atoms with Gasteiger partial charge in [0.15, 0.2) is 0 Å². The number of carboxylic acids is 1. The molecule has 0 aromatic carbocycles. The fourth-order valence-electron chi connectivity index (χ4n) is 2.84. The molecule has 0 unspecified atom stereocenters. The lowest BCUT2D eigenvalue weighted by Gasteiger charge is -2.34. The van der Waals surface area contributed by atoms with E-state index in [9.17, 15) is 14.7 Å². The van der Waals surface area contributed by atoms with E-state index in [2.05, 4.69) is 5.32 Å². The molecule has 1 aliphatic carbocycles. The molecule has 2 aliphatic rings. The first kappa shape index (κ1) is 12.4. The van der Waals surface area contributed by atoms with E-state index in [4.69, 9.17) is 0 Å². The molecule has 1 amide bonds. The highest BCUT2D eigenvalue weighted by atomic mass is 16.4. The Labute approximate surface area is 101 Å². The zero-order chi connectivity index (χ0) is 12.3. The molecule has 0 radical (unpaired) electrons. The van der Waals surface area contributed by atoms with Gasteiger partial charge >= 0.3 is 5.97 Å². The molecule has 17 heavy (non-hydrogen) atoms. The first-order valence-corrected chi connectivity index (χ1v) is 6.42. The van der Waals surface area contributed by atoms with Crippen LogP contribution in [0.3, 0.4) is 0 Å². The number of carbonyl (C=O) groups excluding carboxylic acids is 1. The lowest BCUT2D eigenvalue weighted by atomic mass is 9.78. The van der Waals surface area contributed by atoms with Crippen molar-refractivity contribution in [2.45, 2.75) is 25.7 Å². The third-order valence-corrected chi connectivity index (χ3v) is 3.83. The Bertz CT molecular complexity index is 300. The van der Waals surface area contributed by atoms with Crippen molar-refractivity contribution >= 4 is 11.9 Å². The van der Waals surface area contributed by atoms with Gasteiger partial charge in [0.1, 0.15) is 0 Å². The van der Waals surface area contributed by atoms with Crippen molar-refractivity contribution in [1.82, 2.24) is 10.2 Å². The normalized spacial score (nSPS) is 30.0. The summed E-state index contributed by atoms with van der Waals surface area (Å²) in [4.78, 5) is 25.3. The van der Waals surface area contributed by atoms with Crippen LogP contribution in [0, 0.1) is 11.8 Å². The number of amides is 1. The molecular weight excluding hydrogens is 220 g/mol. The Balaban J connectivity index is 2.02. The van der Waals surface area contributed by atoms with E-state index in [0.717, 1.165) is 32.4 Å². The largest absolute Gasteiger partial charge is 0.481 e. The second-order valence-electron chi connectivity index (χ2n) is 4.91. The van der Waals surface area contributed by atoms with Crippen molar-refractivity contribution < 1.29 is 14.7 Å². The number of carboxylic acid groups (broad SMARTS) is 1. The number of nitrogens with zero attached hydrogens (tertiary/aromatic N) is 1. The van der Waals surface area contributed by atoms with Gasteiger partial charge in [0.05, 0.1) is 11.8 Å². The van der Waals surface area contributed by atoms with Crippen LogP contribution in [0.4, 0.5) is 0 Å². The van der Waals surface area contributed by atoms with Gasteiger partial charge in [-0.1, -0.05) is 12.8 Å². The van der Waals surface area contributed by atoms with Crippen LogP contribution in [0.2, 0.25) is 0 Å². The van der Waals surface area contributed by atoms with Crippen LogP contribution in [0.1, 0.15) is 25.7 Å². The Morgan fingerprint density at radius 1 is 1.06 bits per heavy atom. The topological polar surface area (TPSA) is 69.6 Å². The van der Waals surface area contributed by atoms with Gasteiger partial charge in [-0.15, -0.1) is 0 Å². The van der Waals surface area contributed by atoms with Crippen LogP contribution in [0.25, 0.3) is 0 Å². The van der Waals surface area contributed by atoms with Gasteiger partial charge in [-0.25, -0.2) is 0 Å². The summed E-state index contributed by atoms with van der Waals surface area (Å²) in [6.07, 6.45) is 3.30. The molecule has 2 atom stereocenters. The molecule has 0 aromatic heterocycles. The molecule has 1 heterocycles. The van der Waals surface area contributed by atoms with Crippen LogP contribution in [0.5, 0.6) is 0 Å². The summed E-state index contributed by atoms with van der Waals surface area (Å²) in [7, 11) is 0. The molecule has 0 bridgehead atoms. The maximum Gasteiger partial charge on any atom is 0.307 e. The number of carbonyl (C=O) groups is 2. The Morgan fingerprint density at radius 3 is 2.24 bits per heavy atom. The highest BCUT2D eigenvalue weighted by Crippen LogP contribution is 2.31. The summed E-state index contributed by atoms with van der Waals surface area (Å²) in [5.74, 6) is -1.51. The van der Waals surface area contributed by atoms with Gasteiger partial charge in [0, 0.05) is 26.2 Å². The zero-order valence-electron chi connectivity index (χ0n) is 10.0. The Kier molecular flexibility index (Phi) is 3.99. The zero-order valence-corrected chi connectivity index (χ0v) is 10.0. The van der Waals surface area contributed by atoms with Gasteiger partial charge < -0.3 is 15.3 Å². The van der Waals surface area contributed by atoms with Crippen molar-refractivity contribution in [2.75, 3.05) is 26.2 Å². The lowest BCUT2D eigenvalue weighted by molar-refractivity contribution is -0.152. The van der Waals surface area contributed by atoms with Crippen molar-refractivity contribution in [2.24, 2.45) is 11.8 Å². The Hall–Kier alpha value is -1.10. The molecule has 2 rings (SSSR count). The molecular formula is C12H20N2O3. The van der Waals surface area contributed by atoms with E-state index in [1.807, 2.05) is 4.90 Å².